The van der Waals surface area contributed by atoms with Gasteiger partial charge in [0.15, 0.2) is 0 Å². The third kappa shape index (κ3) is 3.22. The van der Waals surface area contributed by atoms with E-state index in [4.69, 9.17) is 9.47 Å². The molecule has 2 aromatic rings. The fourth-order valence-electron chi connectivity index (χ4n) is 3.17. The van der Waals surface area contributed by atoms with Crippen LogP contribution >= 0.6 is 0 Å². The number of carbonyl (C=O) groups excluding carboxylic acids is 1. The summed E-state index contributed by atoms with van der Waals surface area (Å²) in [4.78, 5) is 12.3. The zero-order valence-electron chi connectivity index (χ0n) is 14.2. The summed E-state index contributed by atoms with van der Waals surface area (Å²) in [6.45, 7) is 2.77. The fraction of sp³-hybridized carbons (Fsp3) is 0.381. The summed E-state index contributed by atoms with van der Waals surface area (Å²) in [6.07, 6.45) is 5.79. The third-order valence-corrected chi connectivity index (χ3v) is 4.45. The van der Waals surface area contributed by atoms with Crippen molar-refractivity contribution in [2.24, 2.45) is 0 Å². The van der Waals surface area contributed by atoms with E-state index in [0.717, 1.165) is 24.0 Å². The number of benzene rings is 2. The van der Waals surface area contributed by atoms with Crippen molar-refractivity contribution in [3.05, 3.63) is 71.3 Å². The Labute approximate surface area is 143 Å². The molecule has 0 amide bonds. The van der Waals surface area contributed by atoms with E-state index in [9.17, 15) is 4.79 Å². The molecule has 0 spiro atoms. The normalized spacial score (nSPS) is 19.1. The molecule has 0 N–H and O–H groups in total. The SMILES string of the molecule is CCCCCCCO[C@]1(c2ccccc2)OC(=O)c2ccccc21. The van der Waals surface area contributed by atoms with Crippen molar-refractivity contribution >= 4 is 5.97 Å². The summed E-state index contributed by atoms with van der Waals surface area (Å²) < 4.78 is 12.0. The zero-order valence-corrected chi connectivity index (χ0v) is 14.2. The maximum absolute atomic E-state index is 12.3. The maximum atomic E-state index is 12.3. The van der Waals surface area contributed by atoms with Crippen molar-refractivity contribution in [2.45, 2.75) is 44.8 Å². The topological polar surface area (TPSA) is 35.5 Å². The molecule has 0 aromatic heterocycles. The Bertz CT molecular complexity index is 680. The molecule has 3 heteroatoms. The van der Waals surface area contributed by atoms with Crippen LogP contribution in [0.25, 0.3) is 0 Å². The van der Waals surface area contributed by atoms with Crippen LogP contribution in [0.15, 0.2) is 54.6 Å². The van der Waals surface area contributed by atoms with E-state index < -0.39 is 5.79 Å². The van der Waals surface area contributed by atoms with Gasteiger partial charge in [0.25, 0.3) is 5.79 Å². The predicted molar refractivity (Wildman–Crippen MR) is 93.8 cm³/mol. The third-order valence-electron chi connectivity index (χ3n) is 4.45. The highest BCUT2D eigenvalue weighted by atomic mass is 16.7. The average Bonchev–Trinajstić information content (AvgIpc) is 2.92. The van der Waals surface area contributed by atoms with E-state index in [1.54, 1.807) is 6.07 Å². The van der Waals surface area contributed by atoms with E-state index in [1.165, 1.54) is 19.3 Å². The predicted octanol–water partition coefficient (Wildman–Crippen LogP) is 5.05. The minimum absolute atomic E-state index is 0.319. The standard InChI is InChI=1S/C21H24O3/c1-2-3-4-5-11-16-23-21(17-12-7-6-8-13-17)19-15-10-9-14-18(19)20(22)24-21/h6-10,12-15H,2-5,11,16H2,1H3/t21-/m1/s1. The van der Waals surface area contributed by atoms with Crippen LogP contribution in [0.5, 0.6) is 0 Å². The second-order valence-electron chi connectivity index (χ2n) is 6.18. The van der Waals surface area contributed by atoms with Gasteiger partial charge in [-0.1, -0.05) is 81.1 Å². The lowest BCUT2D eigenvalue weighted by Crippen LogP contribution is -2.32. The number of rotatable bonds is 8. The molecule has 2 aromatic carbocycles. The molecule has 3 nitrogen and oxygen atoms in total. The summed E-state index contributed by atoms with van der Waals surface area (Å²) in [5.41, 5.74) is 2.25. The Kier molecular flexibility index (Phi) is 5.31. The van der Waals surface area contributed by atoms with Gasteiger partial charge in [0.05, 0.1) is 12.2 Å². The van der Waals surface area contributed by atoms with Crippen molar-refractivity contribution in [1.82, 2.24) is 0 Å². The van der Waals surface area contributed by atoms with E-state index in [1.807, 2.05) is 48.5 Å². The number of ether oxygens (including phenoxy) is 2. The number of hydrogen-bond acceptors (Lipinski definition) is 3. The molecule has 1 atom stereocenters. The van der Waals surface area contributed by atoms with E-state index in [0.29, 0.717) is 12.2 Å². The lowest BCUT2D eigenvalue weighted by Gasteiger charge is -2.29. The van der Waals surface area contributed by atoms with Crippen molar-refractivity contribution in [3.8, 4) is 0 Å². The van der Waals surface area contributed by atoms with Crippen LogP contribution in [0.2, 0.25) is 0 Å². The Hall–Kier alpha value is -2.13. The van der Waals surface area contributed by atoms with Gasteiger partial charge in [0, 0.05) is 11.1 Å². The van der Waals surface area contributed by atoms with Crippen LogP contribution in [-0.4, -0.2) is 12.6 Å². The quantitative estimate of drug-likeness (QED) is 0.504. The first-order chi connectivity index (χ1) is 11.8. The second kappa shape index (κ2) is 7.63. The van der Waals surface area contributed by atoms with Gasteiger partial charge in [-0.15, -0.1) is 0 Å². The van der Waals surface area contributed by atoms with Gasteiger partial charge in [-0.2, -0.15) is 0 Å². The fourth-order valence-corrected chi connectivity index (χ4v) is 3.17. The van der Waals surface area contributed by atoms with Crippen LogP contribution in [0.4, 0.5) is 0 Å². The van der Waals surface area contributed by atoms with Crippen molar-refractivity contribution in [3.63, 3.8) is 0 Å². The Morgan fingerprint density at radius 3 is 2.42 bits per heavy atom. The number of fused-ring (bicyclic) bond motifs is 1. The summed E-state index contributed by atoms with van der Waals surface area (Å²) in [6, 6.07) is 17.2. The van der Waals surface area contributed by atoms with Gasteiger partial charge in [-0.3, -0.25) is 0 Å². The van der Waals surface area contributed by atoms with Crippen LogP contribution in [-0.2, 0) is 15.3 Å². The first-order valence-electron chi connectivity index (χ1n) is 8.80. The number of unbranched alkanes of at least 4 members (excludes halogenated alkanes) is 4. The number of esters is 1. The lowest BCUT2D eigenvalue weighted by molar-refractivity contribution is -0.174. The van der Waals surface area contributed by atoms with Gasteiger partial charge >= 0.3 is 5.97 Å². The molecule has 3 rings (SSSR count). The van der Waals surface area contributed by atoms with Crippen LogP contribution in [0.3, 0.4) is 0 Å². The highest BCUT2D eigenvalue weighted by molar-refractivity contribution is 5.95. The molecular formula is C21H24O3. The van der Waals surface area contributed by atoms with Crippen LogP contribution < -0.4 is 0 Å². The molecule has 1 heterocycles. The first-order valence-corrected chi connectivity index (χ1v) is 8.80. The molecule has 0 radical (unpaired) electrons. The van der Waals surface area contributed by atoms with Gasteiger partial charge in [-0.05, 0) is 12.5 Å². The monoisotopic (exact) mass is 324 g/mol. The molecule has 1 aliphatic heterocycles. The smallest absolute Gasteiger partial charge is 0.341 e. The van der Waals surface area contributed by atoms with Gasteiger partial charge in [0.2, 0.25) is 0 Å². The number of hydrogen-bond donors (Lipinski definition) is 0. The summed E-state index contributed by atoms with van der Waals surface area (Å²) >= 11 is 0. The highest BCUT2D eigenvalue weighted by Crippen LogP contribution is 2.42. The van der Waals surface area contributed by atoms with E-state index >= 15 is 0 Å². The molecule has 0 fully saturated rings. The lowest BCUT2D eigenvalue weighted by atomic mass is 9.95. The molecule has 24 heavy (non-hydrogen) atoms. The molecule has 1 aliphatic rings. The number of cyclic esters (lactones) is 1. The van der Waals surface area contributed by atoms with Gasteiger partial charge in [-0.25, -0.2) is 4.79 Å². The molecular weight excluding hydrogens is 300 g/mol. The van der Waals surface area contributed by atoms with Gasteiger partial charge in [0.1, 0.15) is 0 Å². The Morgan fingerprint density at radius 1 is 0.917 bits per heavy atom. The molecule has 0 bridgehead atoms. The Morgan fingerprint density at radius 2 is 1.62 bits per heavy atom. The Balaban J connectivity index is 1.83. The molecule has 0 unspecified atom stereocenters. The molecule has 0 saturated heterocycles. The highest BCUT2D eigenvalue weighted by Gasteiger charge is 2.48. The molecule has 126 valence electrons. The van der Waals surface area contributed by atoms with Crippen LogP contribution in [0.1, 0.15) is 60.5 Å². The number of carbonyl (C=O) groups is 1. The minimum atomic E-state index is -1.11. The average molecular weight is 324 g/mol. The van der Waals surface area contributed by atoms with Crippen molar-refractivity contribution in [1.29, 1.82) is 0 Å². The summed E-state index contributed by atoms with van der Waals surface area (Å²) in [5, 5.41) is 0. The molecule has 0 saturated carbocycles. The van der Waals surface area contributed by atoms with Crippen LogP contribution in [0, 0.1) is 0 Å². The minimum Gasteiger partial charge on any atom is -0.420 e. The largest absolute Gasteiger partial charge is 0.420 e. The van der Waals surface area contributed by atoms with Gasteiger partial charge < -0.3 is 9.47 Å². The van der Waals surface area contributed by atoms with Crippen molar-refractivity contribution < 1.29 is 14.3 Å². The van der Waals surface area contributed by atoms with Crippen molar-refractivity contribution in [2.75, 3.05) is 6.61 Å². The maximum Gasteiger partial charge on any atom is 0.341 e. The van der Waals surface area contributed by atoms with E-state index in [-0.39, 0.29) is 5.97 Å². The first kappa shape index (κ1) is 16.7. The summed E-state index contributed by atoms with van der Waals surface area (Å²) in [5.74, 6) is -1.43. The molecule has 0 aliphatic carbocycles. The zero-order chi connectivity index (χ0) is 16.8. The summed E-state index contributed by atoms with van der Waals surface area (Å²) in [7, 11) is 0. The second-order valence-corrected chi connectivity index (χ2v) is 6.18. The van der Waals surface area contributed by atoms with E-state index in [2.05, 4.69) is 6.92 Å².